The Bertz CT molecular complexity index is 1450. The molecule has 2 fully saturated rings. The average molecular weight is 664 g/mol. The van der Waals surface area contributed by atoms with E-state index >= 15 is 8.78 Å². The second-order valence-electron chi connectivity index (χ2n) is 14.8. The molecule has 4 atom stereocenters. The van der Waals surface area contributed by atoms with Gasteiger partial charge < -0.3 is 9.16 Å². The fraction of sp³-hybridized carbons (Fsp3) is 0.588. The third kappa shape index (κ3) is 6.59. The first-order chi connectivity index (χ1) is 20.3. The lowest BCUT2D eigenvalue weighted by atomic mass is 9.54. The van der Waals surface area contributed by atoms with Crippen molar-refractivity contribution in [3.63, 3.8) is 0 Å². The summed E-state index contributed by atoms with van der Waals surface area (Å²) in [7, 11) is 0.228. The summed E-state index contributed by atoms with van der Waals surface area (Å²) in [5.74, 6) is -3.32. The van der Waals surface area contributed by atoms with Crippen LogP contribution >= 0.6 is 23.2 Å². The molecular formula is C34H42Cl2F2N2O3Si. The molecule has 0 amide bonds. The highest BCUT2D eigenvalue weighted by atomic mass is 35.5. The fourth-order valence-electron chi connectivity index (χ4n) is 6.72. The molecule has 238 valence electrons. The Hall–Kier alpha value is -2.02. The maximum absolute atomic E-state index is 16.1. The van der Waals surface area contributed by atoms with Crippen molar-refractivity contribution in [1.82, 2.24) is 5.32 Å². The van der Waals surface area contributed by atoms with Gasteiger partial charge in [0.25, 0.3) is 0 Å². The molecule has 1 saturated carbocycles. The predicted octanol–water partition coefficient (Wildman–Crippen LogP) is 8.69. The summed E-state index contributed by atoms with van der Waals surface area (Å²) in [6.07, 6.45) is 2.99. The van der Waals surface area contributed by atoms with Crippen molar-refractivity contribution >= 4 is 38.9 Å². The van der Waals surface area contributed by atoms with Crippen molar-refractivity contribution in [1.29, 1.82) is 5.26 Å². The Morgan fingerprint density at radius 3 is 2.27 bits per heavy atom. The summed E-state index contributed by atoms with van der Waals surface area (Å²) in [4.78, 5) is 13.9. The molecule has 1 aliphatic heterocycles. The van der Waals surface area contributed by atoms with E-state index in [4.69, 9.17) is 32.4 Å². The van der Waals surface area contributed by atoms with E-state index in [0.717, 1.165) is 25.3 Å². The van der Waals surface area contributed by atoms with Crippen molar-refractivity contribution < 1.29 is 22.7 Å². The highest BCUT2D eigenvalue weighted by Crippen LogP contribution is 2.59. The van der Waals surface area contributed by atoms with Crippen molar-refractivity contribution in [2.75, 3.05) is 0 Å². The molecule has 1 heterocycles. The Kier molecular flexibility index (Phi) is 9.74. The zero-order valence-corrected chi connectivity index (χ0v) is 29.2. The Morgan fingerprint density at radius 2 is 1.75 bits per heavy atom. The lowest BCUT2D eigenvalue weighted by Gasteiger charge is -2.55. The first-order valence-corrected chi connectivity index (χ1v) is 16.7. The standard InChI is InChI=1S/C34H42Cl2F2N2O3Si/c1-30(2,3)42-29(41)28-26(21-11-9-12-23(36)27(21)38)34(19-39,22-14-13-20(35)17-24(22)37)25(40-28)18-33(15-10-16-33)32(7,8)43-44-31(4,5)6/h9,11-14,17,25-26,28,40H,10,15-16,18H2,1-8H3. The molecule has 44 heavy (non-hydrogen) atoms. The lowest BCUT2D eigenvalue weighted by molar-refractivity contribution is -0.157. The van der Waals surface area contributed by atoms with Crippen LogP contribution in [0.1, 0.15) is 98.1 Å². The molecule has 1 aliphatic carbocycles. The number of nitriles is 1. The van der Waals surface area contributed by atoms with Crippen LogP contribution in [0.3, 0.4) is 0 Å². The molecule has 5 nitrogen and oxygen atoms in total. The number of ether oxygens (including phenoxy) is 1. The van der Waals surface area contributed by atoms with Gasteiger partial charge in [-0.15, -0.1) is 0 Å². The number of hydrogen-bond donors (Lipinski definition) is 1. The molecule has 2 radical (unpaired) electrons. The van der Waals surface area contributed by atoms with Crippen LogP contribution in [0.4, 0.5) is 8.78 Å². The fourth-order valence-corrected chi connectivity index (χ4v) is 7.84. The summed E-state index contributed by atoms with van der Waals surface area (Å²) < 4.78 is 44.5. The average Bonchev–Trinajstić information content (AvgIpc) is 3.19. The summed E-state index contributed by atoms with van der Waals surface area (Å²) in [5, 5.41) is 14.6. The van der Waals surface area contributed by atoms with Gasteiger partial charge in [-0.1, -0.05) is 68.6 Å². The quantitative estimate of drug-likeness (QED) is 0.226. The minimum atomic E-state index is -1.74. The van der Waals surface area contributed by atoms with Crippen LogP contribution in [0.2, 0.25) is 15.1 Å². The monoisotopic (exact) mass is 662 g/mol. The SMILES string of the molecule is CC(C)(C)OC(=O)C1NC(CC2(C(C)(C)O[Si]C(C)(C)C)CCC2)C(C#N)(c2ccc(Cl)cc2F)C1c1cccc(Cl)c1F. The van der Waals surface area contributed by atoms with Crippen LogP contribution in [0.5, 0.6) is 0 Å². The molecule has 2 aromatic carbocycles. The van der Waals surface area contributed by atoms with Crippen LogP contribution in [-0.2, 0) is 19.4 Å². The molecule has 1 N–H and O–H groups in total. The van der Waals surface area contributed by atoms with E-state index in [9.17, 15) is 10.1 Å². The third-order valence-corrected chi connectivity index (χ3v) is 10.8. The normalized spacial score (nSPS) is 25.3. The summed E-state index contributed by atoms with van der Waals surface area (Å²) in [5.41, 5.74) is -3.54. The van der Waals surface area contributed by atoms with E-state index in [2.05, 4.69) is 46.0 Å². The van der Waals surface area contributed by atoms with Gasteiger partial charge in [0.15, 0.2) is 0 Å². The Labute approximate surface area is 272 Å². The Morgan fingerprint density at radius 1 is 1.09 bits per heavy atom. The zero-order chi connectivity index (χ0) is 32.9. The molecule has 0 spiro atoms. The van der Waals surface area contributed by atoms with Gasteiger partial charge in [0.05, 0.1) is 16.7 Å². The number of carbonyl (C=O) groups is 1. The van der Waals surface area contributed by atoms with E-state index in [1.807, 2.05) is 0 Å². The van der Waals surface area contributed by atoms with Crippen molar-refractivity contribution in [2.45, 2.75) is 121 Å². The number of nitrogens with zero attached hydrogens (tertiary/aromatic N) is 1. The van der Waals surface area contributed by atoms with Gasteiger partial charge in [-0.05, 0) is 88.1 Å². The van der Waals surface area contributed by atoms with Gasteiger partial charge in [-0.3, -0.25) is 10.1 Å². The number of esters is 1. The topological polar surface area (TPSA) is 71.3 Å². The predicted molar refractivity (Wildman–Crippen MR) is 171 cm³/mol. The summed E-state index contributed by atoms with van der Waals surface area (Å²) in [6.45, 7) is 15.7. The molecule has 4 unspecified atom stereocenters. The van der Waals surface area contributed by atoms with Gasteiger partial charge in [0, 0.05) is 22.5 Å². The first kappa shape index (κ1) is 34.8. The first-order valence-electron chi connectivity index (χ1n) is 15.0. The molecule has 2 aromatic rings. The maximum Gasteiger partial charge on any atom is 0.324 e. The number of benzene rings is 2. The molecule has 10 heteroatoms. The van der Waals surface area contributed by atoms with Gasteiger partial charge >= 0.3 is 5.97 Å². The number of halogens is 4. The van der Waals surface area contributed by atoms with Crippen LogP contribution in [0, 0.1) is 28.4 Å². The van der Waals surface area contributed by atoms with Gasteiger partial charge in [-0.2, -0.15) is 5.26 Å². The van der Waals surface area contributed by atoms with E-state index in [0.29, 0.717) is 6.42 Å². The second-order valence-corrected chi connectivity index (χ2v) is 17.5. The van der Waals surface area contributed by atoms with Gasteiger partial charge in [-0.25, -0.2) is 8.78 Å². The molecule has 1 saturated heterocycles. The van der Waals surface area contributed by atoms with Crippen LogP contribution < -0.4 is 5.32 Å². The van der Waals surface area contributed by atoms with E-state index < -0.39 is 57.6 Å². The number of carbonyl (C=O) groups excluding carboxylic acids is 1. The molecule has 0 aromatic heterocycles. The minimum absolute atomic E-state index is 0.0297. The zero-order valence-electron chi connectivity index (χ0n) is 26.7. The van der Waals surface area contributed by atoms with Gasteiger partial charge in [0.2, 0.25) is 9.76 Å². The van der Waals surface area contributed by atoms with Crippen LogP contribution in [0.25, 0.3) is 0 Å². The molecule has 0 bridgehead atoms. The number of nitrogens with one attached hydrogen (secondary N) is 1. The largest absolute Gasteiger partial charge is 0.459 e. The van der Waals surface area contributed by atoms with Crippen molar-refractivity contribution in [3.05, 3.63) is 69.2 Å². The minimum Gasteiger partial charge on any atom is -0.459 e. The van der Waals surface area contributed by atoms with Crippen LogP contribution in [0.15, 0.2) is 36.4 Å². The summed E-state index contributed by atoms with van der Waals surface area (Å²) >= 11 is 12.4. The highest BCUT2D eigenvalue weighted by Gasteiger charge is 2.64. The third-order valence-electron chi connectivity index (χ3n) is 9.09. The smallest absolute Gasteiger partial charge is 0.324 e. The molecule has 4 rings (SSSR count). The molecular weight excluding hydrogens is 621 g/mol. The van der Waals surface area contributed by atoms with Crippen molar-refractivity contribution in [2.24, 2.45) is 5.41 Å². The van der Waals surface area contributed by atoms with Crippen LogP contribution in [-0.4, -0.2) is 39.0 Å². The number of hydrogen-bond acceptors (Lipinski definition) is 5. The number of rotatable bonds is 8. The van der Waals surface area contributed by atoms with Crippen molar-refractivity contribution in [3.8, 4) is 6.07 Å². The highest BCUT2D eigenvalue weighted by molar-refractivity contribution is 6.32. The maximum atomic E-state index is 16.1. The Balaban J connectivity index is 1.96. The lowest BCUT2D eigenvalue weighted by Crippen LogP contribution is -2.56. The van der Waals surface area contributed by atoms with Gasteiger partial charge in [0.1, 0.15) is 28.7 Å². The summed E-state index contributed by atoms with van der Waals surface area (Å²) in [6, 6.07) is 9.06. The van der Waals surface area contributed by atoms with E-state index in [1.54, 1.807) is 26.8 Å². The molecule has 2 aliphatic rings. The second kappa shape index (κ2) is 12.3. The van der Waals surface area contributed by atoms with E-state index in [-0.39, 0.29) is 36.0 Å². The van der Waals surface area contributed by atoms with E-state index in [1.165, 1.54) is 24.3 Å².